The fraction of sp³-hybridized carbons (Fsp3) is 0.556. The van der Waals surface area contributed by atoms with E-state index in [1.165, 1.54) is 6.42 Å². The van der Waals surface area contributed by atoms with Gasteiger partial charge in [-0.15, -0.1) is 0 Å². The molecule has 0 aliphatic carbocycles. The van der Waals surface area contributed by atoms with Crippen LogP contribution >= 0.6 is 0 Å². The molecule has 36 heavy (non-hydrogen) atoms. The van der Waals surface area contributed by atoms with E-state index in [0.29, 0.717) is 29.9 Å². The highest BCUT2D eigenvalue weighted by Gasteiger charge is 2.36. The molecule has 0 spiro atoms. The van der Waals surface area contributed by atoms with Crippen LogP contribution in [-0.2, 0) is 4.74 Å². The third kappa shape index (κ3) is 5.00. The van der Waals surface area contributed by atoms with Crippen LogP contribution in [0.1, 0.15) is 38.2 Å². The number of aromatic nitrogens is 3. The maximum absolute atomic E-state index is 10.1. The smallest absolute Gasteiger partial charge is 0.161 e. The first kappa shape index (κ1) is 24.8. The molecule has 0 saturated carbocycles. The van der Waals surface area contributed by atoms with Gasteiger partial charge in [0.2, 0.25) is 0 Å². The molecule has 3 atom stereocenters. The predicted molar refractivity (Wildman–Crippen MR) is 139 cm³/mol. The van der Waals surface area contributed by atoms with Crippen molar-refractivity contribution in [3.05, 3.63) is 36.0 Å². The lowest BCUT2D eigenvalue weighted by Gasteiger charge is -2.23. The van der Waals surface area contributed by atoms with Crippen molar-refractivity contribution >= 4 is 11.5 Å². The number of nitrogens with zero attached hydrogens (tertiary/aromatic N) is 4. The summed E-state index contributed by atoms with van der Waals surface area (Å²) >= 11 is 0. The van der Waals surface area contributed by atoms with E-state index in [1.807, 2.05) is 28.9 Å². The van der Waals surface area contributed by atoms with E-state index >= 15 is 0 Å². The second-order valence-electron chi connectivity index (χ2n) is 10.1. The number of ether oxygens (including phenoxy) is 3. The normalized spacial score (nSPS) is 20.7. The fourth-order valence-corrected chi connectivity index (χ4v) is 5.23. The molecular weight excluding hydrogens is 458 g/mol. The second-order valence-corrected chi connectivity index (χ2v) is 10.1. The summed E-state index contributed by atoms with van der Waals surface area (Å²) in [7, 11) is 3.44. The molecule has 9 nitrogen and oxygen atoms in total. The lowest BCUT2D eigenvalue weighted by molar-refractivity contribution is 0.00105. The highest BCUT2D eigenvalue weighted by molar-refractivity contribution is 5.71. The number of likely N-dealkylation sites (N-methyl/N-ethyl adjacent to an activating group) is 1. The van der Waals surface area contributed by atoms with Crippen LogP contribution in [0.4, 0.5) is 5.82 Å². The molecule has 2 fully saturated rings. The minimum atomic E-state index is -0.605. The summed E-state index contributed by atoms with van der Waals surface area (Å²) in [6.45, 7) is 7.63. The van der Waals surface area contributed by atoms with Gasteiger partial charge in [-0.1, -0.05) is 13.8 Å². The van der Waals surface area contributed by atoms with Crippen molar-refractivity contribution in [1.29, 1.82) is 0 Å². The van der Waals surface area contributed by atoms with Gasteiger partial charge in [0, 0.05) is 55.4 Å². The van der Waals surface area contributed by atoms with E-state index in [0.717, 1.165) is 54.4 Å². The zero-order valence-corrected chi connectivity index (χ0v) is 21.6. The number of aliphatic hydroxyl groups excluding tert-OH is 1. The molecule has 0 bridgehead atoms. The lowest BCUT2D eigenvalue weighted by atomic mass is 9.98. The second kappa shape index (κ2) is 10.6. The SMILES string of the molecule is CNCC(O)COc1cc(OC)cc(-c2cc(N3CC4CCCOC4C3)n3ncc(C(C)C)c3n2)c1. The number of rotatable bonds is 9. The summed E-state index contributed by atoms with van der Waals surface area (Å²) in [5.74, 6) is 3.16. The van der Waals surface area contributed by atoms with E-state index in [1.54, 1.807) is 14.2 Å². The van der Waals surface area contributed by atoms with Crippen molar-refractivity contribution in [1.82, 2.24) is 19.9 Å². The first-order chi connectivity index (χ1) is 17.5. The van der Waals surface area contributed by atoms with Gasteiger partial charge in [0.1, 0.15) is 30.0 Å². The Labute approximate surface area is 212 Å². The average molecular weight is 496 g/mol. The predicted octanol–water partition coefficient (Wildman–Crippen LogP) is 3.10. The lowest BCUT2D eigenvalue weighted by Crippen LogP contribution is -2.29. The largest absolute Gasteiger partial charge is 0.497 e. The Balaban J connectivity index is 1.55. The number of benzene rings is 1. The zero-order valence-electron chi connectivity index (χ0n) is 21.6. The number of fused-ring (bicyclic) bond motifs is 2. The Bertz CT molecular complexity index is 1180. The van der Waals surface area contributed by atoms with Crippen molar-refractivity contribution in [3.63, 3.8) is 0 Å². The fourth-order valence-electron chi connectivity index (χ4n) is 5.23. The van der Waals surface area contributed by atoms with Crippen molar-refractivity contribution in [3.8, 4) is 22.8 Å². The van der Waals surface area contributed by atoms with Crippen molar-refractivity contribution in [2.24, 2.45) is 5.92 Å². The van der Waals surface area contributed by atoms with Gasteiger partial charge in [0.25, 0.3) is 0 Å². The monoisotopic (exact) mass is 495 g/mol. The van der Waals surface area contributed by atoms with Gasteiger partial charge >= 0.3 is 0 Å². The maximum Gasteiger partial charge on any atom is 0.161 e. The highest BCUT2D eigenvalue weighted by atomic mass is 16.5. The average Bonchev–Trinajstić information content (AvgIpc) is 3.51. The summed E-state index contributed by atoms with van der Waals surface area (Å²) in [5.41, 5.74) is 3.69. The van der Waals surface area contributed by atoms with Crippen LogP contribution < -0.4 is 19.7 Å². The van der Waals surface area contributed by atoms with Gasteiger partial charge in [-0.3, -0.25) is 0 Å². The van der Waals surface area contributed by atoms with Gasteiger partial charge in [-0.25, -0.2) is 4.98 Å². The van der Waals surface area contributed by atoms with Crippen molar-refractivity contribution in [2.45, 2.75) is 44.8 Å². The Morgan fingerprint density at radius 1 is 1.19 bits per heavy atom. The number of anilines is 1. The van der Waals surface area contributed by atoms with Gasteiger partial charge in [-0.05, 0) is 37.9 Å². The summed E-state index contributed by atoms with van der Waals surface area (Å²) in [4.78, 5) is 7.45. The van der Waals surface area contributed by atoms with Crippen LogP contribution in [0.3, 0.4) is 0 Å². The number of hydrogen-bond acceptors (Lipinski definition) is 8. The van der Waals surface area contributed by atoms with E-state index in [2.05, 4.69) is 30.1 Å². The molecule has 0 radical (unpaired) electrons. The molecule has 2 aliphatic rings. The van der Waals surface area contributed by atoms with Crippen LogP contribution in [-0.4, -0.2) is 78.9 Å². The molecule has 194 valence electrons. The Hall–Kier alpha value is -2.88. The summed E-state index contributed by atoms with van der Waals surface area (Å²) < 4.78 is 19.5. The number of aliphatic hydroxyl groups is 1. The molecule has 2 aromatic heterocycles. The summed E-state index contributed by atoms with van der Waals surface area (Å²) in [6.07, 6.45) is 3.93. The molecule has 3 unspecified atom stereocenters. The molecule has 0 amide bonds. The third-order valence-corrected chi connectivity index (χ3v) is 7.15. The first-order valence-electron chi connectivity index (χ1n) is 12.9. The maximum atomic E-state index is 10.1. The topological polar surface area (TPSA) is 93.4 Å². The molecule has 2 N–H and O–H groups in total. The molecule has 2 aliphatic heterocycles. The van der Waals surface area contributed by atoms with Gasteiger partial charge in [0.05, 0.1) is 25.1 Å². The number of nitrogens with one attached hydrogen (secondary N) is 1. The van der Waals surface area contributed by atoms with Crippen molar-refractivity contribution in [2.75, 3.05) is 51.9 Å². The highest BCUT2D eigenvalue weighted by Crippen LogP contribution is 2.36. The van der Waals surface area contributed by atoms with Crippen LogP contribution in [0.15, 0.2) is 30.5 Å². The van der Waals surface area contributed by atoms with Gasteiger partial charge in [-0.2, -0.15) is 9.61 Å². The number of hydrogen-bond donors (Lipinski definition) is 2. The Morgan fingerprint density at radius 2 is 2.03 bits per heavy atom. The van der Waals surface area contributed by atoms with Gasteiger partial charge < -0.3 is 29.5 Å². The molecule has 1 aromatic carbocycles. The Kier molecular flexibility index (Phi) is 7.32. The summed E-state index contributed by atoms with van der Waals surface area (Å²) in [5, 5.41) is 17.8. The minimum Gasteiger partial charge on any atom is -0.497 e. The van der Waals surface area contributed by atoms with E-state index in [9.17, 15) is 5.11 Å². The zero-order chi connectivity index (χ0) is 25.2. The van der Waals surface area contributed by atoms with Crippen LogP contribution in [0, 0.1) is 5.92 Å². The molecule has 3 aromatic rings. The van der Waals surface area contributed by atoms with E-state index in [-0.39, 0.29) is 12.7 Å². The Morgan fingerprint density at radius 3 is 2.78 bits per heavy atom. The summed E-state index contributed by atoms with van der Waals surface area (Å²) in [6, 6.07) is 7.86. The van der Waals surface area contributed by atoms with Crippen LogP contribution in [0.5, 0.6) is 11.5 Å². The molecule has 4 heterocycles. The van der Waals surface area contributed by atoms with Crippen LogP contribution in [0.25, 0.3) is 16.9 Å². The van der Waals surface area contributed by atoms with E-state index in [4.69, 9.17) is 24.3 Å². The standard InChI is InChI=1S/C27H37N5O4/c1-17(2)23-13-29-32-26(31-14-18-6-5-7-35-25(18)15-31)11-24(30-27(23)32)19-8-21(34-4)10-22(9-19)36-16-20(33)12-28-3/h8-11,13,17-18,20,25,28,33H,5-7,12,14-16H2,1-4H3. The van der Waals surface area contributed by atoms with Crippen molar-refractivity contribution < 1.29 is 19.3 Å². The molecule has 2 saturated heterocycles. The molecule has 9 heteroatoms. The number of methoxy groups -OCH3 is 1. The minimum absolute atomic E-state index is 0.182. The first-order valence-corrected chi connectivity index (χ1v) is 12.9. The molecular formula is C27H37N5O4. The third-order valence-electron chi connectivity index (χ3n) is 7.15. The van der Waals surface area contributed by atoms with Crippen LogP contribution in [0.2, 0.25) is 0 Å². The quantitative estimate of drug-likeness (QED) is 0.468. The van der Waals surface area contributed by atoms with Gasteiger partial charge in [0.15, 0.2) is 5.65 Å². The molecule has 5 rings (SSSR count). The van der Waals surface area contributed by atoms with E-state index < -0.39 is 6.10 Å².